The van der Waals surface area contributed by atoms with Crippen LogP contribution in [0.5, 0.6) is 0 Å². The van der Waals surface area contributed by atoms with Gasteiger partial charge < -0.3 is 37.2 Å². The van der Waals surface area contributed by atoms with E-state index in [0.29, 0.717) is 32.4 Å². The number of nitrogens with two attached hydrogens (primary N) is 1. The van der Waals surface area contributed by atoms with Crippen molar-refractivity contribution in [2.75, 3.05) is 13.1 Å². The molecule has 1 rings (SSSR count). The molecule has 188 valence electrons. The number of carboxylic acid groups (broad SMARTS) is 2. The summed E-state index contributed by atoms with van der Waals surface area (Å²) in [6, 6.07) is -4.11. The maximum Gasteiger partial charge on any atom is 0.326 e. The molecule has 8 N–H and O–H groups in total. The van der Waals surface area contributed by atoms with Gasteiger partial charge in [0, 0.05) is 0 Å². The molecule has 4 atom stereocenters. The predicted molar refractivity (Wildman–Crippen MR) is 119 cm³/mol. The number of hydrogen-bond donors (Lipinski definition) is 7. The minimum atomic E-state index is -1.38. The van der Waals surface area contributed by atoms with Crippen molar-refractivity contribution in [3.05, 3.63) is 0 Å². The van der Waals surface area contributed by atoms with Crippen LogP contribution in [0.4, 0.5) is 0 Å². The lowest BCUT2D eigenvalue weighted by molar-refractivity contribution is -0.143. The Morgan fingerprint density at radius 2 is 1.61 bits per heavy atom. The molecule has 1 aliphatic heterocycles. The summed E-state index contributed by atoms with van der Waals surface area (Å²) in [5.74, 6) is -4.50. The molecule has 0 aromatic heterocycles. The molecular weight excluding hydrogens is 434 g/mol. The zero-order chi connectivity index (χ0) is 25.0. The lowest BCUT2D eigenvalue weighted by Gasteiger charge is -2.25. The van der Waals surface area contributed by atoms with Gasteiger partial charge in [-0.25, -0.2) is 4.79 Å². The van der Waals surface area contributed by atoms with Crippen molar-refractivity contribution in [1.82, 2.24) is 21.3 Å². The first-order valence-corrected chi connectivity index (χ1v) is 11.3. The Kier molecular flexibility index (Phi) is 12.4. The monoisotopic (exact) mass is 471 g/mol. The Morgan fingerprint density at radius 3 is 2.12 bits per heavy atom. The normalized spacial score (nSPS) is 18.2. The quantitative estimate of drug-likeness (QED) is 0.145. The van der Waals surface area contributed by atoms with E-state index in [2.05, 4.69) is 21.3 Å². The van der Waals surface area contributed by atoms with Crippen LogP contribution in [0.15, 0.2) is 0 Å². The molecule has 0 saturated carbocycles. The summed E-state index contributed by atoms with van der Waals surface area (Å²) in [4.78, 5) is 60.8. The van der Waals surface area contributed by atoms with Crippen LogP contribution in [0, 0.1) is 5.92 Å². The lowest BCUT2D eigenvalue weighted by atomic mass is 10.0. The van der Waals surface area contributed by atoms with Gasteiger partial charge in [-0.05, 0) is 57.5 Å². The number of carbonyl (C=O) groups excluding carboxylic acids is 3. The fraction of sp³-hybridized carbons (Fsp3) is 0.762. The number of amides is 3. The number of carboxylic acids is 2. The minimum Gasteiger partial charge on any atom is -0.481 e. The van der Waals surface area contributed by atoms with Crippen LogP contribution < -0.4 is 27.0 Å². The molecule has 0 aromatic carbocycles. The third kappa shape index (κ3) is 10.6. The third-order valence-electron chi connectivity index (χ3n) is 5.29. The number of carbonyl (C=O) groups is 5. The molecule has 12 nitrogen and oxygen atoms in total. The second-order valence-electron chi connectivity index (χ2n) is 8.68. The highest BCUT2D eigenvalue weighted by atomic mass is 16.4. The Bertz CT molecular complexity index is 694. The number of nitrogens with one attached hydrogen (secondary N) is 4. The molecule has 4 unspecified atom stereocenters. The first-order valence-electron chi connectivity index (χ1n) is 11.3. The van der Waals surface area contributed by atoms with Gasteiger partial charge in [-0.2, -0.15) is 0 Å². The molecule has 1 heterocycles. The summed E-state index contributed by atoms with van der Waals surface area (Å²) in [7, 11) is 0. The third-order valence-corrected chi connectivity index (χ3v) is 5.29. The van der Waals surface area contributed by atoms with Crippen molar-refractivity contribution in [2.45, 2.75) is 83.0 Å². The fourth-order valence-corrected chi connectivity index (χ4v) is 3.56. The molecule has 0 radical (unpaired) electrons. The molecule has 1 saturated heterocycles. The van der Waals surface area contributed by atoms with Crippen LogP contribution in [-0.2, 0) is 24.0 Å². The van der Waals surface area contributed by atoms with Crippen molar-refractivity contribution in [2.24, 2.45) is 11.7 Å². The van der Waals surface area contributed by atoms with Crippen molar-refractivity contribution in [1.29, 1.82) is 0 Å². The molecule has 3 amide bonds. The molecule has 1 fully saturated rings. The molecule has 0 aliphatic carbocycles. The van der Waals surface area contributed by atoms with E-state index in [9.17, 15) is 34.2 Å². The Balaban J connectivity index is 2.89. The van der Waals surface area contributed by atoms with Crippen molar-refractivity contribution >= 4 is 29.7 Å². The largest absolute Gasteiger partial charge is 0.481 e. The van der Waals surface area contributed by atoms with Gasteiger partial charge in [-0.3, -0.25) is 19.2 Å². The van der Waals surface area contributed by atoms with Crippen molar-refractivity contribution in [3.8, 4) is 0 Å². The average Bonchev–Trinajstić information content (AvgIpc) is 3.26. The molecule has 0 bridgehead atoms. The Hall–Kier alpha value is -2.73. The summed E-state index contributed by atoms with van der Waals surface area (Å²) in [6.45, 7) is 4.70. The van der Waals surface area contributed by atoms with Gasteiger partial charge >= 0.3 is 11.9 Å². The van der Waals surface area contributed by atoms with E-state index >= 15 is 0 Å². The van der Waals surface area contributed by atoms with Crippen LogP contribution >= 0.6 is 0 Å². The van der Waals surface area contributed by atoms with E-state index in [4.69, 9.17) is 5.73 Å². The second kappa shape index (κ2) is 14.4. The van der Waals surface area contributed by atoms with E-state index in [0.717, 1.165) is 6.42 Å². The first-order chi connectivity index (χ1) is 15.5. The number of aliphatic carboxylic acids is 2. The van der Waals surface area contributed by atoms with E-state index < -0.39 is 60.2 Å². The lowest BCUT2D eigenvalue weighted by Crippen LogP contribution is -2.57. The van der Waals surface area contributed by atoms with Gasteiger partial charge in [0.05, 0.1) is 12.5 Å². The van der Waals surface area contributed by atoms with Crippen LogP contribution in [0.25, 0.3) is 0 Å². The van der Waals surface area contributed by atoms with E-state index in [1.54, 1.807) is 0 Å². The van der Waals surface area contributed by atoms with Crippen LogP contribution in [0.3, 0.4) is 0 Å². The van der Waals surface area contributed by atoms with Crippen molar-refractivity contribution in [3.63, 3.8) is 0 Å². The van der Waals surface area contributed by atoms with Crippen LogP contribution in [-0.4, -0.2) is 77.1 Å². The van der Waals surface area contributed by atoms with Gasteiger partial charge in [0.15, 0.2) is 0 Å². The predicted octanol–water partition coefficient (Wildman–Crippen LogP) is -1.07. The van der Waals surface area contributed by atoms with Crippen LogP contribution in [0.2, 0.25) is 0 Å². The maximum absolute atomic E-state index is 12.8. The molecule has 33 heavy (non-hydrogen) atoms. The van der Waals surface area contributed by atoms with E-state index in [1.165, 1.54) is 0 Å². The van der Waals surface area contributed by atoms with Gasteiger partial charge in [0.25, 0.3) is 0 Å². The number of rotatable bonds is 15. The van der Waals surface area contributed by atoms with Crippen molar-refractivity contribution < 1.29 is 34.2 Å². The first kappa shape index (κ1) is 28.3. The second-order valence-corrected chi connectivity index (χ2v) is 8.68. The highest BCUT2D eigenvalue weighted by Crippen LogP contribution is 2.09. The summed E-state index contributed by atoms with van der Waals surface area (Å²) in [5, 5.41) is 29.0. The minimum absolute atomic E-state index is 0.0308. The zero-order valence-corrected chi connectivity index (χ0v) is 19.3. The van der Waals surface area contributed by atoms with Gasteiger partial charge in [0.1, 0.15) is 18.1 Å². The van der Waals surface area contributed by atoms with E-state index in [-0.39, 0.29) is 18.8 Å². The van der Waals surface area contributed by atoms with Gasteiger partial charge in [-0.15, -0.1) is 0 Å². The molecule has 1 aliphatic rings. The smallest absolute Gasteiger partial charge is 0.326 e. The summed E-state index contributed by atoms with van der Waals surface area (Å²) < 4.78 is 0. The molecule has 0 spiro atoms. The highest BCUT2D eigenvalue weighted by molar-refractivity contribution is 5.95. The summed E-state index contributed by atoms with van der Waals surface area (Å²) in [6.07, 6.45) is 2.22. The molecule has 12 heteroatoms. The summed E-state index contributed by atoms with van der Waals surface area (Å²) in [5.41, 5.74) is 5.43. The molecular formula is C21H37N5O7. The van der Waals surface area contributed by atoms with E-state index in [1.807, 2.05) is 13.8 Å². The average molecular weight is 472 g/mol. The fourth-order valence-electron chi connectivity index (χ4n) is 3.56. The molecule has 0 aromatic rings. The summed E-state index contributed by atoms with van der Waals surface area (Å²) >= 11 is 0. The zero-order valence-electron chi connectivity index (χ0n) is 19.3. The van der Waals surface area contributed by atoms with Gasteiger partial charge in [-0.1, -0.05) is 13.8 Å². The highest BCUT2D eigenvalue weighted by Gasteiger charge is 2.32. The maximum atomic E-state index is 12.8. The van der Waals surface area contributed by atoms with Crippen LogP contribution in [0.1, 0.15) is 58.8 Å². The Labute approximate surface area is 193 Å². The number of unbranched alkanes of at least 4 members (excludes halogenated alkanes) is 1. The standard InChI is InChI=1S/C21H37N5O7/c1-12(2)10-15(19(30)24-14(21(32)33)6-3-4-8-22)25-20(31)16(11-17(27)28)26-18(29)13-7-5-9-23-13/h12-16,23H,3-11,22H2,1-2H3,(H,24,30)(H,25,31)(H,26,29)(H,27,28)(H,32,33). The SMILES string of the molecule is CC(C)CC(NC(=O)C(CC(=O)O)NC(=O)C1CCCN1)C(=O)NC(CCCCN)C(=O)O. The van der Waals surface area contributed by atoms with Gasteiger partial charge in [0.2, 0.25) is 17.7 Å². The Morgan fingerprint density at radius 1 is 0.970 bits per heavy atom. The topological polar surface area (TPSA) is 200 Å². The number of hydrogen-bond acceptors (Lipinski definition) is 7.